The van der Waals surface area contributed by atoms with Crippen LogP contribution in [-0.2, 0) is 17.4 Å². The number of halogens is 3. The van der Waals surface area contributed by atoms with Crippen molar-refractivity contribution < 1.29 is 18.0 Å². The van der Waals surface area contributed by atoms with Crippen molar-refractivity contribution in [1.29, 1.82) is 0 Å². The van der Waals surface area contributed by atoms with Crippen LogP contribution in [0.4, 0.5) is 18.9 Å². The van der Waals surface area contributed by atoms with Crippen LogP contribution in [0.25, 0.3) is 0 Å². The molecule has 2 heterocycles. The van der Waals surface area contributed by atoms with Crippen LogP contribution < -0.4 is 10.2 Å². The average Bonchev–Trinajstić information content (AvgIpc) is 3.26. The Bertz CT molecular complexity index is 775. The van der Waals surface area contributed by atoms with Crippen molar-refractivity contribution in [2.75, 3.05) is 24.5 Å². The number of hydrogen-bond acceptors (Lipinski definition) is 3. The van der Waals surface area contributed by atoms with E-state index >= 15 is 0 Å². The molecule has 4 nitrogen and oxygen atoms in total. The van der Waals surface area contributed by atoms with Crippen LogP contribution in [0.1, 0.15) is 57.1 Å². The minimum Gasteiger partial charge on any atom is -0.365 e. The van der Waals surface area contributed by atoms with Crippen LogP contribution in [0, 0.1) is 5.92 Å². The second kappa shape index (κ2) is 8.40. The predicted molar refractivity (Wildman–Crippen MR) is 111 cm³/mol. The van der Waals surface area contributed by atoms with Crippen molar-refractivity contribution in [3.8, 4) is 0 Å². The number of amides is 1. The van der Waals surface area contributed by atoms with Crippen LogP contribution in [0.15, 0.2) is 18.2 Å². The number of fused-ring (bicyclic) bond motifs is 3. The molecule has 3 atom stereocenters. The number of anilines is 1. The van der Waals surface area contributed by atoms with Gasteiger partial charge in [-0.1, -0.05) is 19.8 Å². The number of carbonyl (C=O) groups excluding carboxylic acids is 1. The molecule has 166 valence electrons. The quantitative estimate of drug-likeness (QED) is 0.788. The highest BCUT2D eigenvalue weighted by molar-refractivity contribution is 5.82. The summed E-state index contributed by atoms with van der Waals surface area (Å²) in [5.74, 6) is -0.366. The summed E-state index contributed by atoms with van der Waals surface area (Å²) in [6, 6.07) is 4.69. The van der Waals surface area contributed by atoms with Crippen LogP contribution in [-0.4, -0.2) is 48.6 Å². The summed E-state index contributed by atoms with van der Waals surface area (Å²) in [5.41, 5.74) is 0.872. The SMILES string of the molecule is CC[C@H](C)NC(=O)[C@@H]1Cc2cc(C(F)(F)F)ccc2N2CCN(C3CCCC3)C[C@@H]12. The fourth-order valence-electron chi connectivity index (χ4n) is 5.37. The molecule has 0 spiro atoms. The molecule has 2 fully saturated rings. The lowest BCUT2D eigenvalue weighted by molar-refractivity contribution is -0.137. The molecule has 0 unspecified atom stereocenters. The first kappa shape index (κ1) is 21.5. The Morgan fingerprint density at radius 2 is 1.97 bits per heavy atom. The largest absolute Gasteiger partial charge is 0.416 e. The Kier molecular flexibility index (Phi) is 6.02. The van der Waals surface area contributed by atoms with E-state index in [2.05, 4.69) is 15.1 Å². The standard InChI is InChI=1S/C23H32F3N3O/c1-3-15(2)27-22(30)19-13-16-12-17(23(24,25)26)8-9-20(16)29-11-10-28(14-21(19)29)18-6-4-5-7-18/h8-9,12,15,18-19,21H,3-7,10-11,13-14H2,1-2H3,(H,27,30)/t15-,19+,21-/m0/s1. The van der Waals surface area contributed by atoms with E-state index < -0.39 is 11.7 Å². The minimum atomic E-state index is -4.37. The van der Waals surface area contributed by atoms with Gasteiger partial charge in [0.2, 0.25) is 5.91 Å². The molecule has 1 saturated heterocycles. The number of rotatable bonds is 4. The Morgan fingerprint density at radius 3 is 2.63 bits per heavy atom. The van der Waals surface area contributed by atoms with E-state index in [-0.39, 0.29) is 23.9 Å². The first-order chi connectivity index (χ1) is 14.3. The lowest BCUT2D eigenvalue weighted by Crippen LogP contribution is -2.62. The molecule has 0 aromatic heterocycles. The third-order valence-electron chi connectivity index (χ3n) is 7.25. The molecule has 1 aromatic carbocycles. The van der Waals surface area contributed by atoms with Crippen molar-refractivity contribution in [3.63, 3.8) is 0 Å². The zero-order chi connectivity index (χ0) is 21.5. The Morgan fingerprint density at radius 1 is 1.23 bits per heavy atom. The summed E-state index contributed by atoms with van der Waals surface area (Å²) in [6.45, 7) is 6.46. The molecule has 7 heteroatoms. The molecule has 4 rings (SSSR count). The summed E-state index contributed by atoms with van der Waals surface area (Å²) in [7, 11) is 0. The van der Waals surface area contributed by atoms with Gasteiger partial charge in [-0.2, -0.15) is 13.2 Å². The zero-order valence-electron chi connectivity index (χ0n) is 17.8. The third kappa shape index (κ3) is 4.18. The van der Waals surface area contributed by atoms with Crippen LogP contribution >= 0.6 is 0 Å². The van der Waals surface area contributed by atoms with E-state index in [1.54, 1.807) is 6.07 Å². The van der Waals surface area contributed by atoms with Gasteiger partial charge >= 0.3 is 6.18 Å². The molecular weight excluding hydrogens is 391 g/mol. The summed E-state index contributed by atoms with van der Waals surface area (Å²) in [5, 5.41) is 3.09. The molecular formula is C23H32F3N3O. The third-order valence-corrected chi connectivity index (χ3v) is 7.25. The number of carbonyl (C=O) groups is 1. The lowest BCUT2D eigenvalue weighted by Gasteiger charge is -2.50. The van der Waals surface area contributed by atoms with E-state index in [1.807, 2.05) is 13.8 Å². The van der Waals surface area contributed by atoms with Crippen molar-refractivity contribution in [2.24, 2.45) is 5.92 Å². The van der Waals surface area contributed by atoms with Gasteiger partial charge in [-0.25, -0.2) is 0 Å². The molecule has 2 aliphatic heterocycles. The number of alkyl halides is 3. The van der Waals surface area contributed by atoms with E-state index in [9.17, 15) is 18.0 Å². The lowest BCUT2D eigenvalue weighted by atomic mass is 9.82. The number of nitrogens with one attached hydrogen (secondary N) is 1. The molecule has 0 radical (unpaired) electrons. The maximum absolute atomic E-state index is 13.3. The van der Waals surface area contributed by atoms with Gasteiger partial charge < -0.3 is 10.2 Å². The van der Waals surface area contributed by atoms with Gasteiger partial charge in [0, 0.05) is 37.4 Å². The first-order valence-corrected chi connectivity index (χ1v) is 11.3. The number of benzene rings is 1. The zero-order valence-corrected chi connectivity index (χ0v) is 17.8. The number of piperazine rings is 1. The highest BCUT2D eigenvalue weighted by atomic mass is 19.4. The van der Waals surface area contributed by atoms with Crippen LogP contribution in [0.5, 0.6) is 0 Å². The van der Waals surface area contributed by atoms with Gasteiger partial charge in [0.25, 0.3) is 0 Å². The molecule has 1 N–H and O–H groups in total. The Balaban J connectivity index is 1.64. The van der Waals surface area contributed by atoms with Gasteiger partial charge in [0.1, 0.15) is 0 Å². The van der Waals surface area contributed by atoms with Crippen LogP contribution in [0.3, 0.4) is 0 Å². The Labute approximate surface area is 176 Å². The number of hydrogen-bond donors (Lipinski definition) is 1. The van der Waals surface area contributed by atoms with E-state index in [0.29, 0.717) is 18.0 Å². The maximum atomic E-state index is 13.3. The van der Waals surface area contributed by atoms with Gasteiger partial charge in [-0.15, -0.1) is 0 Å². The fraction of sp³-hybridized carbons (Fsp3) is 0.696. The predicted octanol–water partition coefficient (Wildman–Crippen LogP) is 4.23. The summed E-state index contributed by atoms with van der Waals surface area (Å²) < 4.78 is 39.9. The summed E-state index contributed by atoms with van der Waals surface area (Å²) in [4.78, 5) is 17.9. The van der Waals surface area contributed by atoms with Crippen molar-refractivity contribution in [1.82, 2.24) is 10.2 Å². The van der Waals surface area contributed by atoms with Crippen LogP contribution in [0.2, 0.25) is 0 Å². The molecule has 30 heavy (non-hydrogen) atoms. The maximum Gasteiger partial charge on any atom is 0.416 e. The topological polar surface area (TPSA) is 35.6 Å². The molecule has 3 aliphatic rings. The first-order valence-electron chi connectivity index (χ1n) is 11.3. The molecule has 1 saturated carbocycles. The Hall–Kier alpha value is -1.76. The van der Waals surface area contributed by atoms with E-state index in [0.717, 1.165) is 31.7 Å². The second-order valence-corrected chi connectivity index (χ2v) is 9.16. The average molecular weight is 424 g/mol. The minimum absolute atomic E-state index is 0.00708. The molecule has 1 amide bonds. The van der Waals surface area contributed by atoms with Gasteiger partial charge in [0.15, 0.2) is 0 Å². The smallest absolute Gasteiger partial charge is 0.365 e. The normalized spacial score (nSPS) is 26.2. The van der Waals surface area contributed by atoms with Crippen molar-refractivity contribution >= 4 is 11.6 Å². The molecule has 1 aliphatic carbocycles. The summed E-state index contributed by atoms with van der Waals surface area (Å²) in [6.07, 6.45) is 1.76. The monoisotopic (exact) mass is 423 g/mol. The van der Waals surface area contributed by atoms with E-state index in [4.69, 9.17) is 0 Å². The molecule has 1 aromatic rings. The van der Waals surface area contributed by atoms with Crippen molar-refractivity contribution in [3.05, 3.63) is 29.3 Å². The van der Waals surface area contributed by atoms with E-state index in [1.165, 1.54) is 37.8 Å². The van der Waals surface area contributed by atoms with Gasteiger partial charge in [0.05, 0.1) is 17.5 Å². The fourth-order valence-corrected chi connectivity index (χ4v) is 5.37. The molecule has 0 bridgehead atoms. The van der Waals surface area contributed by atoms with Crippen molar-refractivity contribution in [2.45, 2.75) is 76.7 Å². The summed E-state index contributed by atoms with van der Waals surface area (Å²) >= 11 is 0. The van der Waals surface area contributed by atoms with Gasteiger partial charge in [-0.3, -0.25) is 9.69 Å². The highest BCUT2D eigenvalue weighted by Crippen LogP contribution is 2.40. The second-order valence-electron chi connectivity index (χ2n) is 9.16. The number of nitrogens with zero attached hydrogens (tertiary/aromatic N) is 2. The highest BCUT2D eigenvalue weighted by Gasteiger charge is 2.44. The van der Waals surface area contributed by atoms with Gasteiger partial charge in [-0.05, 0) is 56.4 Å².